The number of nitrogens with two attached hydrogens (primary N) is 1. The molecule has 0 radical (unpaired) electrons. The molecule has 0 bridgehead atoms. The number of hydrogen-bond donors (Lipinski definition) is 4. The molecule has 202 valence electrons. The van der Waals surface area contributed by atoms with Crippen LogP contribution in [0.3, 0.4) is 0 Å². The lowest BCUT2D eigenvalue weighted by atomic mass is 10.0. The number of benzodiazepines with no additional fused rings is 1. The highest BCUT2D eigenvalue weighted by molar-refractivity contribution is 7.16. The van der Waals surface area contributed by atoms with Crippen LogP contribution in [0, 0.1) is 5.41 Å². The standard InChI is InChI=1S/C25H22F3N7O3S/c26-25(27,28)23-34-18(22(39-23)31-14-10-11-37-12-14)19(29)38-24(30)35-20-21(36)32-16-9-5-4-8-15(16)17(33-20)13-6-2-1-3-7-13/h1-9,14,20,29,31H,10-12H2,(H2,30,35)(H,32,36)/t14-,20-/m1/s1. The van der Waals surface area contributed by atoms with E-state index in [1.54, 1.807) is 24.3 Å². The molecule has 5 rings (SSSR count). The quantitative estimate of drug-likeness (QED) is 0.277. The van der Waals surface area contributed by atoms with Gasteiger partial charge in [0.1, 0.15) is 5.00 Å². The summed E-state index contributed by atoms with van der Waals surface area (Å²) in [6.45, 7) is 0.766. The average molecular weight is 558 g/mol. The zero-order valence-electron chi connectivity index (χ0n) is 20.2. The Labute approximate surface area is 224 Å². The van der Waals surface area contributed by atoms with Crippen LogP contribution < -0.4 is 16.4 Å². The number of para-hydroxylation sites is 1. The maximum atomic E-state index is 13.4. The molecular weight excluding hydrogens is 535 g/mol. The average Bonchev–Trinajstić information content (AvgIpc) is 3.55. The maximum absolute atomic E-state index is 13.4. The molecular formula is C25H22F3N7O3S. The number of carbonyl (C=O) groups is 1. The second kappa shape index (κ2) is 10.8. The predicted octanol–water partition coefficient (Wildman–Crippen LogP) is 3.84. The van der Waals surface area contributed by atoms with Crippen molar-refractivity contribution in [1.82, 2.24) is 4.98 Å². The number of carbonyl (C=O) groups excluding carboxylic acids is 1. The lowest BCUT2D eigenvalue weighted by Crippen LogP contribution is -2.29. The van der Waals surface area contributed by atoms with E-state index in [0.717, 1.165) is 5.56 Å². The molecule has 39 heavy (non-hydrogen) atoms. The zero-order valence-corrected chi connectivity index (χ0v) is 21.0. The summed E-state index contributed by atoms with van der Waals surface area (Å²) in [7, 11) is 0. The van der Waals surface area contributed by atoms with Crippen molar-refractivity contribution in [3.05, 3.63) is 76.4 Å². The fourth-order valence-corrected chi connectivity index (χ4v) is 4.89. The summed E-state index contributed by atoms with van der Waals surface area (Å²) in [5, 5.41) is 12.8. The minimum atomic E-state index is -4.72. The molecule has 2 aliphatic heterocycles. The number of aromatic nitrogens is 1. The number of nitrogens with one attached hydrogen (secondary N) is 3. The van der Waals surface area contributed by atoms with Gasteiger partial charge in [0.15, 0.2) is 5.69 Å². The molecule has 2 aromatic carbocycles. The first kappa shape index (κ1) is 26.3. The van der Waals surface area contributed by atoms with Crippen molar-refractivity contribution in [3.63, 3.8) is 0 Å². The molecule has 3 heterocycles. The van der Waals surface area contributed by atoms with Crippen LogP contribution in [0.1, 0.15) is 28.2 Å². The number of anilines is 2. The summed E-state index contributed by atoms with van der Waals surface area (Å²) in [4.78, 5) is 25.1. The van der Waals surface area contributed by atoms with E-state index in [9.17, 15) is 18.0 Å². The number of halogens is 3. The van der Waals surface area contributed by atoms with Gasteiger partial charge < -0.3 is 25.8 Å². The largest absolute Gasteiger partial charge is 0.443 e. The SMILES string of the molecule is N=C(O/C(N)=N/[C@H]1N=C(c2ccccc2)c2ccccc2NC1=O)c1nc(C(F)(F)F)sc1N[C@@H]1CCOC1. The Hall–Kier alpha value is -4.30. The number of amides is 1. The van der Waals surface area contributed by atoms with Gasteiger partial charge in [0.2, 0.25) is 17.1 Å². The van der Waals surface area contributed by atoms with Crippen molar-refractivity contribution in [3.8, 4) is 0 Å². The Kier molecular flexibility index (Phi) is 7.30. The summed E-state index contributed by atoms with van der Waals surface area (Å²) < 4.78 is 50.6. The normalized spacial score (nSPS) is 19.5. The number of nitrogens with zero attached hydrogens (tertiary/aromatic N) is 3. The van der Waals surface area contributed by atoms with Gasteiger partial charge >= 0.3 is 6.18 Å². The van der Waals surface area contributed by atoms with Gasteiger partial charge in [0, 0.05) is 17.7 Å². The van der Waals surface area contributed by atoms with Gasteiger partial charge in [-0.1, -0.05) is 59.9 Å². The summed E-state index contributed by atoms with van der Waals surface area (Å²) in [5.41, 5.74) is 7.89. The van der Waals surface area contributed by atoms with Gasteiger partial charge in [-0.3, -0.25) is 10.2 Å². The van der Waals surface area contributed by atoms with E-state index in [1.807, 2.05) is 30.3 Å². The number of benzene rings is 2. The first-order valence-corrected chi connectivity index (χ1v) is 12.6. The topological polar surface area (TPSA) is 147 Å². The number of alkyl halides is 3. The van der Waals surface area contributed by atoms with Crippen molar-refractivity contribution in [2.24, 2.45) is 15.7 Å². The van der Waals surface area contributed by atoms with Crippen molar-refractivity contribution < 1.29 is 27.4 Å². The second-order valence-electron chi connectivity index (χ2n) is 8.55. The molecule has 0 aliphatic carbocycles. The van der Waals surface area contributed by atoms with Crippen LogP contribution in [0.25, 0.3) is 0 Å². The molecule has 1 saturated heterocycles. The van der Waals surface area contributed by atoms with Crippen LogP contribution in [0.2, 0.25) is 0 Å². The molecule has 0 unspecified atom stereocenters. The maximum Gasteiger partial charge on any atom is 0.443 e. The van der Waals surface area contributed by atoms with Crippen LogP contribution >= 0.6 is 11.3 Å². The third-order valence-electron chi connectivity index (χ3n) is 5.78. The van der Waals surface area contributed by atoms with E-state index >= 15 is 0 Å². The molecule has 10 nitrogen and oxygen atoms in total. The van der Waals surface area contributed by atoms with Gasteiger partial charge in [0.05, 0.1) is 24.0 Å². The molecule has 2 aliphatic rings. The number of fused-ring (bicyclic) bond motifs is 1. The van der Waals surface area contributed by atoms with Gasteiger partial charge in [-0.2, -0.15) is 18.2 Å². The highest BCUT2D eigenvalue weighted by Crippen LogP contribution is 2.37. The van der Waals surface area contributed by atoms with Gasteiger partial charge in [-0.25, -0.2) is 9.98 Å². The number of amidine groups is 1. The third kappa shape index (κ3) is 5.91. The number of ether oxygens (including phenoxy) is 2. The number of aliphatic imine (C=N–C) groups is 2. The van der Waals surface area contributed by atoms with Crippen molar-refractivity contribution in [2.75, 3.05) is 23.8 Å². The summed E-state index contributed by atoms with van der Waals surface area (Å²) in [5.74, 6) is -1.38. The van der Waals surface area contributed by atoms with Crippen molar-refractivity contribution in [2.45, 2.75) is 24.8 Å². The van der Waals surface area contributed by atoms with Gasteiger partial charge in [-0.05, 0) is 12.5 Å². The number of hydrogen-bond acceptors (Lipinski definition) is 9. The summed E-state index contributed by atoms with van der Waals surface area (Å²) in [6, 6.07) is 15.3. The fourth-order valence-electron chi connectivity index (χ4n) is 3.99. The molecule has 5 N–H and O–H groups in total. The summed E-state index contributed by atoms with van der Waals surface area (Å²) in [6.07, 6.45) is -5.53. The van der Waals surface area contributed by atoms with Crippen LogP contribution in [0.4, 0.5) is 23.9 Å². The second-order valence-corrected chi connectivity index (χ2v) is 9.55. The predicted molar refractivity (Wildman–Crippen MR) is 140 cm³/mol. The molecule has 1 amide bonds. The van der Waals surface area contributed by atoms with Crippen LogP contribution in [0.15, 0.2) is 64.6 Å². The van der Waals surface area contributed by atoms with Gasteiger partial charge in [-0.15, -0.1) is 0 Å². The zero-order chi connectivity index (χ0) is 27.6. The fraction of sp³-hybridized carbons (Fsp3) is 0.240. The molecule has 0 spiro atoms. The molecule has 1 fully saturated rings. The number of rotatable bonds is 5. The minimum absolute atomic E-state index is 0.0114. The Morgan fingerprint density at radius 2 is 1.95 bits per heavy atom. The van der Waals surface area contributed by atoms with Crippen molar-refractivity contribution in [1.29, 1.82) is 5.41 Å². The van der Waals surface area contributed by atoms with Crippen LogP contribution in [-0.2, 0) is 20.4 Å². The molecule has 3 aromatic rings. The third-order valence-corrected chi connectivity index (χ3v) is 6.81. The first-order valence-electron chi connectivity index (χ1n) is 11.7. The molecule has 0 saturated carbocycles. The van der Waals surface area contributed by atoms with Crippen LogP contribution in [0.5, 0.6) is 0 Å². The van der Waals surface area contributed by atoms with E-state index in [0.29, 0.717) is 47.9 Å². The molecule has 14 heteroatoms. The van der Waals surface area contributed by atoms with Gasteiger partial charge in [0.25, 0.3) is 11.9 Å². The van der Waals surface area contributed by atoms with Crippen LogP contribution in [-0.4, -0.2) is 53.9 Å². The Morgan fingerprint density at radius 1 is 1.21 bits per heavy atom. The van der Waals surface area contributed by atoms with E-state index in [4.69, 9.17) is 20.6 Å². The first-order chi connectivity index (χ1) is 18.7. The number of thiazole rings is 1. The molecule has 2 atom stereocenters. The van der Waals surface area contributed by atoms with E-state index < -0.39 is 35.2 Å². The summed E-state index contributed by atoms with van der Waals surface area (Å²) >= 11 is 0.348. The molecule has 1 aromatic heterocycles. The Bertz CT molecular complexity index is 1450. The lowest BCUT2D eigenvalue weighted by Gasteiger charge is -2.12. The Morgan fingerprint density at radius 3 is 2.67 bits per heavy atom. The smallest absolute Gasteiger partial charge is 0.405 e. The van der Waals surface area contributed by atoms with E-state index in [2.05, 4.69) is 25.6 Å². The monoisotopic (exact) mass is 557 g/mol. The Balaban J connectivity index is 1.43. The van der Waals surface area contributed by atoms with E-state index in [1.165, 1.54) is 0 Å². The van der Waals surface area contributed by atoms with Crippen molar-refractivity contribution >= 4 is 45.6 Å². The highest BCUT2D eigenvalue weighted by atomic mass is 32.1. The lowest BCUT2D eigenvalue weighted by molar-refractivity contribution is -0.137. The van der Waals surface area contributed by atoms with E-state index in [-0.39, 0.29) is 16.7 Å². The highest BCUT2D eigenvalue weighted by Gasteiger charge is 2.37. The minimum Gasteiger partial charge on any atom is -0.405 e.